The molecule has 8 atom stereocenters. The number of fused-ring (bicyclic) bond motifs is 1. The SMILES string of the molecule is [2H]C(C)N(CC)S(=O)(=O)NC(=O)[C@@]1(NC(=O)[C@@H]2C[C@@]3(CN2C(=O)[C@@H](NC(=O)[C@@H](NC(=O)[C@@H]2CCCN2C([2H])([2H])C)C2CCCCC2)C(C)(C)C)C(C)(C)C32CCC2)C[C@H]1C=C. The van der Waals surface area contributed by atoms with Crippen LogP contribution in [0.25, 0.3) is 0 Å². The fourth-order valence-corrected chi connectivity index (χ4v) is 12.8. The maximum absolute atomic E-state index is 15.3. The van der Waals surface area contributed by atoms with Crippen LogP contribution >= 0.6 is 0 Å². The summed E-state index contributed by atoms with van der Waals surface area (Å²) in [5, 5.41) is 8.97. The van der Waals surface area contributed by atoms with Gasteiger partial charge in [-0.05, 0) is 86.6 Å². The van der Waals surface area contributed by atoms with Gasteiger partial charge < -0.3 is 20.9 Å². The number of likely N-dealkylation sites (N-methyl/N-ethyl adjacent to an activating group) is 1. The van der Waals surface area contributed by atoms with Crippen LogP contribution in [0.1, 0.15) is 137 Å². The van der Waals surface area contributed by atoms with E-state index in [1.54, 1.807) is 11.8 Å². The Morgan fingerprint density at radius 1 is 0.914 bits per heavy atom. The van der Waals surface area contributed by atoms with E-state index in [4.69, 9.17) is 4.11 Å². The van der Waals surface area contributed by atoms with Crippen molar-refractivity contribution in [2.24, 2.45) is 33.5 Å². The molecule has 6 aliphatic rings. The highest BCUT2D eigenvalue weighted by Crippen LogP contribution is 2.88. The fourth-order valence-electron chi connectivity index (χ4n) is 11.6. The number of amides is 5. The number of likely N-dealkylation sites (tertiary alicyclic amines) is 2. The normalized spacial score (nSPS) is 32.9. The number of nitrogens with zero attached hydrogens (tertiary/aromatic N) is 3. The van der Waals surface area contributed by atoms with E-state index in [0.29, 0.717) is 38.6 Å². The van der Waals surface area contributed by atoms with Crippen LogP contribution in [0.4, 0.5) is 0 Å². The number of rotatable bonds is 15. The molecule has 6 rings (SSSR count). The first-order chi connectivity index (χ1) is 28.2. The minimum atomic E-state index is -4.43. The van der Waals surface area contributed by atoms with Crippen LogP contribution < -0.4 is 20.7 Å². The summed E-state index contributed by atoms with van der Waals surface area (Å²) in [6, 6.07) is -3.84. The molecule has 0 aromatic rings. The van der Waals surface area contributed by atoms with Crippen molar-refractivity contribution in [3.05, 3.63) is 12.7 Å². The zero-order valence-corrected chi connectivity index (χ0v) is 36.9. The van der Waals surface area contributed by atoms with Crippen LogP contribution in [0.15, 0.2) is 12.7 Å². The predicted molar refractivity (Wildman–Crippen MR) is 222 cm³/mol. The van der Waals surface area contributed by atoms with Crippen molar-refractivity contribution in [1.29, 1.82) is 0 Å². The molecule has 1 unspecified atom stereocenters. The third-order valence-corrected chi connectivity index (χ3v) is 17.1. The lowest BCUT2D eigenvalue weighted by Gasteiger charge is -2.38. The van der Waals surface area contributed by atoms with E-state index < -0.39 is 99.2 Å². The second-order valence-corrected chi connectivity index (χ2v) is 21.1. The van der Waals surface area contributed by atoms with Gasteiger partial charge in [-0.15, -0.1) is 6.58 Å². The van der Waals surface area contributed by atoms with Crippen molar-refractivity contribution < 1.29 is 36.5 Å². The van der Waals surface area contributed by atoms with Crippen LogP contribution in [-0.4, -0.2) is 114 Å². The molecule has 2 aliphatic heterocycles. The highest BCUT2D eigenvalue weighted by molar-refractivity contribution is 7.87. The maximum atomic E-state index is 15.3. The molecular weight excluding hydrogens is 759 g/mol. The molecule has 2 spiro atoms. The minimum absolute atomic E-state index is 0.0495. The van der Waals surface area contributed by atoms with Gasteiger partial charge in [0, 0.05) is 35.1 Å². The molecule has 0 radical (unpaired) electrons. The lowest BCUT2D eigenvalue weighted by atomic mass is 9.73. The number of hydrogen-bond acceptors (Lipinski definition) is 8. The highest BCUT2D eigenvalue weighted by atomic mass is 32.2. The number of nitrogens with one attached hydrogen (secondary N) is 4. The van der Waals surface area contributed by atoms with E-state index in [2.05, 4.69) is 41.1 Å². The summed E-state index contributed by atoms with van der Waals surface area (Å²) in [5.41, 5.74) is -3.16. The van der Waals surface area contributed by atoms with E-state index in [-0.39, 0.29) is 36.3 Å². The molecule has 0 aromatic heterocycles. The summed E-state index contributed by atoms with van der Waals surface area (Å²) in [6.45, 7) is 15.8. The predicted octanol–water partition coefficient (Wildman–Crippen LogP) is 3.63. The highest BCUT2D eigenvalue weighted by Gasteiger charge is 2.85. The largest absolute Gasteiger partial charge is 0.343 e. The van der Waals surface area contributed by atoms with Crippen molar-refractivity contribution in [1.82, 2.24) is 34.8 Å². The van der Waals surface area contributed by atoms with Gasteiger partial charge in [0.05, 0.1) is 6.04 Å². The number of carbonyl (C=O) groups is 5. The lowest BCUT2D eigenvalue weighted by molar-refractivity contribution is -0.145. The van der Waals surface area contributed by atoms with Crippen molar-refractivity contribution >= 4 is 39.7 Å². The van der Waals surface area contributed by atoms with Crippen molar-refractivity contribution in [3.8, 4) is 0 Å². The van der Waals surface area contributed by atoms with Gasteiger partial charge in [-0.2, -0.15) is 12.7 Å². The van der Waals surface area contributed by atoms with Gasteiger partial charge in [0.15, 0.2) is 0 Å². The molecule has 0 aromatic carbocycles. The summed E-state index contributed by atoms with van der Waals surface area (Å²) in [5.74, 6) is -3.66. The first-order valence-corrected chi connectivity index (χ1v) is 23.1. The molecular formula is C43H71N7O7S. The van der Waals surface area contributed by atoms with Gasteiger partial charge in [-0.1, -0.05) is 87.1 Å². The zero-order valence-electron chi connectivity index (χ0n) is 39.0. The topological polar surface area (TPSA) is 177 Å². The van der Waals surface area contributed by atoms with E-state index in [1.165, 1.54) is 24.8 Å². The average Bonchev–Trinajstić information content (AvgIpc) is 3.64. The Bertz CT molecular complexity index is 1880. The summed E-state index contributed by atoms with van der Waals surface area (Å²) in [6.07, 6.45) is 10.2. The average molecular weight is 833 g/mol. The molecule has 4 aliphatic carbocycles. The second kappa shape index (κ2) is 16.1. The molecule has 58 heavy (non-hydrogen) atoms. The number of carbonyl (C=O) groups excluding carboxylic acids is 5. The molecule has 0 bridgehead atoms. The molecule has 2 heterocycles. The third kappa shape index (κ3) is 7.40. The van der Waals surface area contributed by atoms with Gasteiger partial charge in [0.1, 0.15) is 23.7 Å². The lowest BCUT2D eigenvalue weighted by Crippen LogP contribution is -2.63. The molecule has 14 nitrogen and oxygen atoms in total. The van der Waals surface area contributed by atoms with E-state index in [9.17, 15) is 27.6 Å². The Kier molecular flexibility index (Phi) is 11.2. The quantitative estimate of drug-likeness (QED) is 0.181. The second-order valence-electron chi connectivity index (χ2n) is 19.5. The monoisotopic (exact) mass is 833 g/mol. The van der Waals surface area contributed by atoms with Crippen LogP contribution in [0.5, 0.6) is 0 Å². The smallest absolute Gasteiger partial charge is 0.303 e. The number of hydrogen-bond donors (Lipinski definition) is 4. The first-order valence-electron chi connectivity index (χ1n) is 23.2. The molecule has 15 heteroatoms. The van der Waals surface area contributed by atoms with Crippen LogP contribution in [-0.2, 0) is 34.2 Å². The van der Waals surface area contributed by atoms with E-state index in [1.807, 2.05) is 20.8 Å². The fraction of sp³-hybridized carbons (Fsp3) is 0.837. The standard InChI is InChI=1S/C43H71N7O7S/c1-10-29-25-43(29,38(55)47-58(56,57)49(12-3)13-4)46-35(52)31-26-42(40(8,9)41(42)22-18-23-41)27-50(31)37(54)33(39(5,6)7)45-36(53)32(28-19-15-14-16-20-28)44-34(51)30-21-17-24-48(30)11-2/h10,28-33H,1,11-27H2,2-9H3,(H,44,51)(H,45,53)(H,46,52)(H,47,55)/t29-,30+,31+,32+,33-,42-,43-/m1/s1/i11D2,12D/t12?,29-,30+,31+,32+,33-,42-,43-. The minimum Gasteiger partial charge on any atom is -0.343 e. The maximum Gasteiger partial charge on any atom is 0.303 e. The first kappa shape index (κ1) is 40.4. The van der Waals surface area contributed by atoms with Crippen molar-refractivity contribution in [2.45, 2.75) is 162 Å². The van der Waals surface area contributed by atoms with E-state index >= 15 is 4.79 Å². The third-order valence-electron chi connectivity index (χ3n) is 15.5. The Morgan fingerprint density at radius 2 is 1.59 bits per heavy atom. The summed E-state index contributed by atoms with van der Waals surface area (Å²) in [7, 11) is -4.43. The van der Waals surface area contributed by atoms with Crippen LogP contribution in [0, 0.1) is 33.5 Å². The van der Waals surface area contributed by atoms with Gasteiger partial charge in [0.2, 0.25) is 23.6 Å². The molecule has 326 valence electrons. The van der Waals surface area contributed by atoms with Crippen molar-refractivity contribution in [2.75, 3.05) is 32.7 Å². The van der Waals surface area contributed by atoms with Crippen LogP contribution in [0.2, 0.25) is 0 Å². The van der Waals surface area contributed by atoms with Gasteiger partial charge in [0.25, 0.3) is 5.91 Å². The Morgan fingerprint density at radius 3 is 2.10 bits per heavy atom. The Labute approximate surface area is 351 Å². The molecule has 2 saturated heterocycles. The summed E-state index contributed by atoms with van der Waals surface area (Å²) in [4.78, 5) is 75.6. The van der Waals surface area contributed by atoms with Crippen molar-refractivity contribution in [3.63, 3.8) is 0 Å². The summed E-state index contributed by atoms with van der Waals surface area (Å²) >= 11 is 0. The van der Waals surface area contributed by atoms with Crippen LogP contribution in [0.3, 0.4) is 0 Å². The molecule has 5 amide bonds. The van der Waals surface area contributed by atoms with Gasteiger partial charge >= 0.3 is 10.2 Å². The summed E-state index contributed by atoms with van der Waals surface area (Å²) < 4.78 is 54.0. The zero-order chi connectivity index (χ0) is 45.3. The Balaban J connectivity index is 1.29. The van der Waals surface area contributed by atoms with Gasteiger partial charge in [-0.25, -0.2) is 4.72 Å². The Hall–Kier alpha value is -3.04. The van der Waals surface area contributed by atoms with Gasteiger partial charge in [-0.3, -0.25) is 28.9 Å². The molecule has 6 fully saturated rings. The molecule has 4 saturated carbocycles. The van der Waals surface area contributed by atoms with E-state index in [0.717, 1.165) is 42.8 Å². The molecule has 4 N–H and O–H groups in total.